The Morgan fingerprint density at radius 2 is 1.74 bits per heavy atom. The van der Waals surface area contributed by atoms with Crippen LogP contribution in [-0.4, -0.2) is 24.2 Å². The molecule has 0 aromatic heterocycles. The Balaban J connectivity index is 0.00000324. The highest BCUT2D eigenvalue weighted by molar-refractivity contribution is 5.87. The highest BCUT2D eigenvalue weighted by Gasteiger charge is 2.36. The topological polar surface area (TPSA) is 89.6 Å². The lowest BCUT2D eigenvalue weighted by Crippen LogP contribution is -2.37. The first-order chi connectivity index (χ1) is 8.30. The zero-order valence-electron chi connectivity index (χ0n) is 11.0. The maximum Gasteiger partial charge on any atom is 0.335 e. The van der Waals surface area contributed by atoms with E-state index in [1.54, 1.807) is 26.0 Å². The van der Waals surface area contributed by atoms with Gasteiger partial charge in [-0.15, -0.1) is 12.4 Å². The van der Waals surface area contributed by atoms with Crippen molar-refractivity contribution in [2.75, 3.05) is 7.11 Å². The lowest BCUT2D eigenvalue weighted by molar-refractivity contribution is -0.152. The summed E-state index contributed by atoms with van der Waals surface area (Å²) in [6, 6.07) is 5.58. The number of aromatic carboxylic acids is 1. The first-order valence-electron chi connectivity index (χ1n) is 5.48. The Morgan fingerprint density at radius 3 is 2.11 bits per heavy atom. The zero-order chi connectivity index (χ0) is 13.9. The van der Waals surface area contributed by atoms with Crippen molar-refractivity contribution in [2.24, 2.45) is 11.1 Å². The molecule has 1 atom stereocenters. The summed E-state index contributed by atoms with van der Waals surface area (Å²) in [5, 5.41) is 8.80. The van der Waals surface area contributed by atoms with Gasteiger partial charge in [0.15, 0.2) is 0 Å². The molecule has 1 aromatic carbocycles. The van der Waals surface area contributed by atoms with Crippen molar-refractivity contribution in [2.45, 2.75) is 19.9 Å². The normalized spacial score (nSPS) is 12.2. The fourth-order valence-corrected chi connectivity index (χ4v) is 1.64. The molecule has 1 aromatic rings. The Labute approximate surface area is 118 Å². The molecule has 6 heteroatoms. The summed E-state index contributed by atoms with van der Waals surface area (Å²) >= 11 is 0. The average molecular weight is 288 g/mol. The van der Waals surface area contributed by atoms with Gasteiger partial charge >= 0.3 is 11.9 Å². The first-order valence-corrected chi connectivity index (χ1v) is 5.48. The molecule has 1 rings (SSSR count). The quantitative estimate of drug-likeness (QED) is 0.827. The number of rotatable bonds is 4. The molecule has 3 N–H and O–H groups in total. The van der Waals surface area contributed by atoms with Gasteiger partial charge in [-0.05, 0) is 31.5 Å². The molecule has 0 aliphatic heterocycles. The number of carbonyl (C=O) groups is 2. The van der Waals surface area contributed by atoms with Crippen molar-refractivity contribution in [1.82, 2.24) is 0 Å². The average Bonchev–Trinajstić information content (AvgIpc) is 2.36. The van der Waals surface area contributed by atoms with E-state index in [4.69, 9.17) is 15.6 Å². The third-order valence-electron chi connectivity index (χ3n) is 3.01. The molecule has 0 saturated heterocycles. The molecule has 0 saturated carbocycles. The van der Waals surface area contributed by atoms with E-state index in [2.05, 4.69) is 0 Å². The van der Waals surface area contributed by atoms with Crippen molar-refractivity contribution >= 4 is 24.3 Å². The second kappa shape index (κ2) is 6.54. The molecule has 0 radical (unpaired) electrons. The number of nitrogens with two attached hydrogens (primary N) is 1. The maximum absolute atomic E-state index is 11.6. The Hall–Kier alpha value is -1.59. The van der Waals surface area contributed by atoms with Crippen LogP contribution >= 0.6 is 12.4 Å². The van der Waals surface area contributed by atoms with Crippen molar-refractivity contribution in [3.63, 3.8) is 0 Å². The number of benzene rings is 1. The molecule has 0 aliphatic rings. The van der Waals surface area contributed by atoms with Crippen molar-refractivity contribution in [1.29, 1.82) is 0 Å². The number of carbonyl (C=O) groups excluding carboxylic acids is 1. The number of methoxy groups -OCH3 is 1. The molecule has 0 heterocycles. The summed E-state index contributed by atoms with van der Waals surface area (Å²) in [5.74, 6) is -1.40. The Kier molecular flexibility index (Phi) is 5.99. The Bertz CT molecular complexity index is 456. The standard InChI is InChI=1S/C13H17NO4.ClH/c1-13(2,12(17)18-3)10(14)8-4-6-9(7-5-8)11(15)16;/h4-7,10H,14H2,1-3H3,(H,15,16);1H/t10-;/m1./s1. The van der Waals surface area contributed by atoms with Crippen LogP contribution in [0.2, 0.25) is 0 Å². The summed E-state index contributed by atoms with van der Waals surface area (Å²) in [6.45, 7) is 3.38. The van der Waals surface area contributed by atoms with Crippen LogP contribution < -0.4 is 5.73 Å². The number of esters is 1. The van der Waals surface area contributed by atoms with Gasteiger partial charge < -0.3 is 15.6 Å². The highest BCUT2D eigenvalue weighted by Crippen LogP contribution is 2.32. The largest absolute Gasteiger partial charge is 0.478 e. The van der Waals surface area contributed by atoms with Crippen LogP contribution in [0.5, 0.6) is 0 Å². The van der Waals surface area contributed by atoms with Gasteiger partial charge in [0.1, 0.15) is 0 Å². The molecule has 0 aliphatic carbocycles. The lowest BCUT2D eigenvalue weighted by Gasteiger charge is -2.28. The summed E-state index contributed by atoms with van der Waals surface area (Å²) < 4.78 is 4.71. The van der Waals surface area contributed by atoms with E-state index in [-0.39, 0.29) is 18.0 Å². The molecule has 0 fully saturated rings. The number of hydrogen-bond acceptors (Lipinski definition) is 4. The predicted molar refractivity (Wildman–Crippen MR) is 73.4 cm³/mol. The van der Waals surface area contributed by atoms with Crippen LogP contribution in [0, 0.1) is 5.41 Å². The molecule has 0 spiro atoms. The second-order valence-corrected chi connectivity index (χ2v) is 4.62. The van der Waals surface area contributed by atoms with Crippen LogP contribution in [0.1, 0.15) is 35.8 Å². The number of carboxylic acid groups (broad SMARTS) is 1. The van der Waals surface area contributed by atoms with Crippen LogP contribution in [0.4, 0.5) is 0 Å². The third kappa shape index (κ3) is 3.68. The predicted octanol–water partition coefficient (Wildman–Crippen LogP) is 2.01. The van der Waals surface area contributed by atoms with Gasteiger partial charge in [0.05, 0.1) is 18.1 Å². The van der Waals surface area contributed by atoms with Gasteiger partial charge in [0, 0.05) is 6.04 Å². The van der Waals surface area contributed by atoms with E-state index < -0.39 is 23.4 Å². The first kappa shape index (κ1) is 17.4. The summed E-state index contributed by atoms with van der Waals surface area (Å²) in [4.78, 5) is 22.4. The van der Waals surface area contributed by atoms with Gasteiger partial charge in [-0.2, -0.15) is 0 Å². The van der Waals surface area contributed by atoms with Crippen LogP contribution in [0.3, 0.4) is 0 Å². The highest BCUT2D eigenvalue weighted by atomic mass is 35.5. The fourth-order valence-electron chi connectivity index (χ4n) is 1.64. The van der Waals surface area contributed by atoms with E-state index in [1.807, 2.05) is 0 Å². The molecule has 19 heavy (non-hydrogen) atoms. The van der Waals surface area contributed by atoms with E-state index in [9.17, 15) is 9.59 Å². The van der Waals surface area contributed by atoms with Crippen molar-refractivity contribution in [3.8, 4) is 0 Å². The maximum atomic E-state index is 11.6. The molecule has 5 nitrogen and oxygen atoms in total. The minimum absolute atomic E-state index is 0. The summed E-state index contributed by atoms with van der Waals surface area (Å²) in [6.07, 6.45) is 0. The van der Waals surface area contributed by atoms with Crippen molar-refractivity contribution < 1.29 is 19.4 Å². The summed E-state index contributed by atoms with van der Waals surface area (Å²) in [7, 11) is 1.31. The second-order valence-electron chi connectivity index (χ2n) is 4.62. The van der Waals surface area contributed by atoms with Crippen molar-refractivity contribution in [3.05, 3.63) is 35.4 Å². The fraction of sp³-hybridized carbons (Fsp3) is 0.385. The molecular weight excluding hydrogens is 270 g/mol. The number of carboxylic acids is 1. The van der Waals surface area contributed by atoms with Crippen LogP contribution in [0.25, 0.3) is 0 Å². The van der Waals surface area contributed by atoms with E-state index in [0.29, 0.717) is 5.56 Å². The van der Waals surface area contributed by atoms with Crippen LogP contribution in [0.15, 0.2) is 24.3 Å². The number of ether oxygens (including phenoxy) is 1. The van der Waals surface area contributed by atoms with Gasteiger partial charge in [0.2, 0.25) is 0 Å². The molecule has 0 amide bonds. The lowest BCUT2D eigenvalue weighted by atomic mass is 9.81. The third-order valence-corrected chi connectivity index (χ3v) is 3.01. The minimum Gasteiger partial charge on any atom is -0.478 e. The Morgan fingerprint density at radius 1 is 1.26 bits per heavy atom. The number of hydrogen-bond donors (Lipinski definition) is 2. The number of halogens is 1. The van der Waals surface area contributed by atoms with Gasteiger partial charge in [-0.1, -0.05) is 12.1 Å². The molecule has 0 bridgehead atoms. The SMILES string of the molecule is COC(=O)C(C)(C)[C@H](N)c1ccc(C(=O)O)cc1.Cl. The zero-order valence-corrected chi connectivity index (χ0v) is 11.9. The summed E-state index contributed by atoms with van der Waals surface area (Å²) in [5.41, 5.74) is 6.02. The molecule has 106 valence electrons. The van der Waals surface area contributed by atoms with E-state index >= 15 is 0 Å². The van der Waals surface area contributed by atoms with Gasteiger partial charge in [-0.25, -0.2) is 4.79 Å². The smallest absolute Gasteiger partial charge is 0.335 e. The monoisotopic (exact) mass is 287 g/mol. The van der Waals surface area contributed by atoms with E-state index in [0.717, 1.165) is 0 Å². The van der Waals surface area contributed by atoms with E-state index in [1.165, 1.54) is 19.2 Å². The van der Waals surface area contributed by atoms with Crippen LogP contribution in [-0.2, 0) is 9.53 Å². The molecular formula is C13H18ClNO4. The minimum atomic E-state index is -0.998. The van der Waals surface area contributed by atoms with Gasteiger partial charge in [-0.3, -0.25) is 4.79 Å². The van der Waals surface area contributed by atoms with Gasteiger partial charge in [0.25, 0.3) is 0 Å². The molecule has 0 unspecified atom stereocenters.